The first kappa shape index (κ1) is 18.1. The predicted octanol–water partition coefficient (Wildman–Crippen LogP) is 4.97. The molecule has 0 aliphatic heterocycles. The number of amides is 2. The molecule has 24 heavy (non-hydrogen) atoms. The summed E-state index contributed by atoms with van der Waals surface area (Å²) in [5.41, 5.74) is 2.80. The number of aryl methyl sites for hydroxylation is 1. The van der Waals surface area contributed by atoms with E-state index >= 15 is 0 Å². The lowest BCUT2D eigenvalue weighted by Crippen LogP contribution is -2.32. The van der Waals surface area contributed by atoms with Gasteiger partial charge in [-0.3, -0.25) is 0 Å². The number of rotatable bonds is 6. The van der Waals surface area contributed by atoms with Crippen molar-refractivity contribution in [2.45, 2.75) is 26.7 Å². The maximum absolute atomic E-state index is 11.9. The Bertz CT molecular complexity index is 702. The Kier molecular flexibility index (Phi) is 6.50. The van der Waals surface area contributed by atoms with Crippen molar-refractivity contribution in [2.24, 2.45) is 0 Å². The Morgan fingerprint density at radius 3 is 2.67 bits per heavy atom. The molecule has 0 fully saturated rings. The second kappa shape index (κ2) is 8.60. The van der Waals surface area contributed by atoms with Crippen LogP contribution in [-0.2, 0) is 0 Å². The second-order valence-electron chi connectivity index (χ2n) is 5.89. The van der Waals surface area contributed by atoms with Gasteiger partial charge in [0.1, 0.15) is 12.4 Å². The van der Waals surface area contributed by atoms with Crippen LogP contribution in [-0.4, -0.2) is 19.2 Å². The fraction of sp³-hybridized carbons (Fsp3) is 0.316. The maximum Gasteiger partial charge on any atom is 0.319 e. The van der Waals surface area contributed by atoms with E-state index in [1.54, 1.807) is 6.07 Å². The Morgan fingerprint density at radius 1 is 1.21 bits per heavy atom. The molecular weight excluding hydrogens is 324 g/mol. The highest BCUT2D eigenvalue weighted by Crippen LogP contribution is 2.25. The number of urea groups is 1. The fourth-order valence-electron chi connectivity index (χ4n) is 2.26. The van der Waals surface area contributed by atoms with Crippen molar-refractivity contribution >= 4 is 23.3 Å². The first-order valence-electron chi connectivity index (χ1n) is 8.00. The highest BCUT2D eigenvalue weighted by Gasteiger charge is 2.07. The third-order valence-electron chi connectivity index (χ3n) is 3.62. The summed E-state index contributed by atoms with van der Waals surface area (Å²) in [5, 5.41) is 6.14. The number of hydrogen-bond acceptors (Lipinski definition) is 2. The van der Waals surface area contributed by atoms with E-state index < -0.39 is 0 Å². The zero-order valence-corrected chi connectivity index (χ0v) is 15.0. The molecule has 4 nitrogen and oxygen atoms in total. The van der Waals surface area contributed by atoms with Gasteiger partial charge in [-0.2, -0.15) is 0 Å². The number of carbonyl (C=O) groups is 1. The van der Waals surface area contributed by atoms with Crippen molar-refractivity contribution in [2.75, 3.05) is 18.5 Å². The summed E-state index contributed by atoms with van der Waals surface area (Å²) < 4.78 is 5.77. The number of para-hydroxylation sites is 1. The topological polar surface area (TPSA) is 50.4 Å². The van der Waals surface area contributed by atoms with Crippen LogP contribution in [0.15, 0.2) is 42.5 Å². The van der Waals surface area contributed by atoms with Crippen LogP contribution in [0.4, 0.5) is 10.5 Å². The first-order valence-corrected chi connectivity index (χ1v) is 8.38. The number of nitrogens with one attached hydrogen (secondary N) is 2. The molecule has 0 aliphatic carbocycles. The van der Waals surface area contributed by atoms with Crippen LogP contribution in [0.1, 0.15) is 30.9 Å². The van der Waals surface area contributed by atoms with Gasteiger partial charge in [0.15, 0.2) is 0 Å². The number of hydrogen-bond donors (Lipinski definition) is 2. The number of benzene rings is 2. The number of ether oxygens (including phenoxy) is 1. The van der Waals surface area contributed by atoms with Gasteiger partial charge in [0, 0.05) is 10.7 Å². The average molecular weight is 347 g/mol. The molecule has 2 aromatic rings. The van der Waals surface area contributed by atoms with Crippen LogP contribution in [0.2, 0.25) is 5.02 Å². The highest BCUT2D eigenvalue weighted by atomic mass is 35.5. The summed E-state index contributed by atoms with van der Waals surface area (Å²) in [5.74, 6) is 1.25. The molecule has 0 radical (unpaired) electrons. The minimum absolute atomic E-state index is 0.282. The van der Waals surface area contributed by atoms with Gasteiger partial charge in [-0.05, 0) is 42.2 Å². The lowest BCUT2D eigenvalue weighted by molar-refractivity contribution is 0.247. The van der Waals surface area contributed by atoms with Gasteiger partial charge in [-0.15, -0.1) is 0 Å². The van der Waals surface area contributed by atoms with Crippen LogP contribution in [0.5, 0.6) is 5.75 Å². The maximum atomic E-state index is 11.9. The standard InChI is InChI=1S/C19H23ClN2O2/c1-13(2)16-6-4-5-7-18(16)24-11-10-21-19(23)22-15-9-8-14(3)17(20)12-15/h4-9,12-13H,10-11H2,1-3H3,(H2,21,22,23). The first-order chi connectivity index (χ1) is 11.5. The minimum Gasteiger partial charge on any atom is -0.491 e. The van der Waals surface area contributed by atoms with Gasteiger partial charge >= 0.3 is 6.03 Å². The van der Waals surface area contributed by atoms with E-state index in [1.807, 2.05) is 37.3 Å². The van der Waals surface area contributed by atoms with Crippen molar-refractivity contribution in [3.63, 3.8) is 0 Å². The normalized spacial score (nSPS) is 10.5. The fourth-order valence-corrected chi connectivity index (χ4v) is 2.44. The number of anilines is 1. The molecular formula is C19H23ClN2O2. The largest absolute Gasteiger partial charge is 0.491 e. The zero-order chi connectivity index (χ0) is 17.5. The Morgan fingerprint density at radius 2 is 1.96 bits per heavy atom. The molecule has 128 valence electrons. The molecule has 0 spiro atoms. The summed E-state index contributed by atoms with van der Waals surface area (Å²) in [4.78, 5) is 11.9. The van der Waals surface area contributed by atoms with Gasteiger partial charge in [0.2, 0.25) is 0 Å². The molecule has 0 unspecified atom stereocenters. The molecule has 2 N–H and O–H groups in total. The molecule has 0 heterocycles. The van der Waals surface area contributed by atoms with E-state index in [0.717, 1.165) is 16.9 Å². The van der Waals surface area contributed by atoms with Crippen molar-refractivity contribution in [3.8, 4) is 5.75 Å². The summed E-state index contributed by atoms with van der Waals surface area (Å²) in [6, 6.07) is 13.1. The monoisotopic (exact) mass is 346 g/mol. The average Bonchev–Trinajstić information content (AvgIpc) is 2.55. The summed E-state index contributed by atoms with van der Waals surface area (Å²) in [7, 11) is 0. The van der Waals surface area contributed by atoms with Crippen molar-refractivity contribution in [3.05, 3.63) is 58.6 Å². The third kappa shape index (κ3) is 5.17. The molecule has 0 aromatic heterocycles. The van der Waals surface area contributed by atoms with E-state index in [-0.39, 0.29) is 6.03 Å². The summed E-state index contributed by atoms with van der Waals surface area (Å²) in [6.07, 6.45) is 0. The lowest BCUT2D eigenvalue weighted by Gasteiger charge is -2.14. The van der Waals surface area contributed by atoms with Crippen LogP contribution < -0.4 is 15.4 Å². The van der Waals surface area contributed by atoms with E-state index in [2.05, 4.69) is 30.5 Å². The molecule has 0 saturated heterocycles. The molecule has 0 atom stereocenters. The third-order valence-corrected chi connectivity index (χ3v) is 4.02. The van der Waals surface area contributed by atoms with Crippen molar-refractivity contribution < 1.29 is 9.53 Å². The molecule has 0 saturated carbocycles. The Labute approximate surface area is 148 Å². The zero-order valence-electron chi connectivity index (χ0n) is 14.2. The van der Waals surface area contributed by atoms with Gasteiger partial charge in [0.05, 0.1) is 6.54 Å². The van der Waals surface area contributed by atoms with E-state index in [0.29, 0.717) is 29.8 Å². The van der Waals surface area contributed by atoms with Crippen molar-refractivity contribution in [1.82, 2.24) is 5.32 Å². The molecule has 2 rings (SSSR count). The second-order valence-corrected chi connectivity index (χ2v) is 6.29. The summed E-state index contributed by atoms with van der Waals surface area (Å²) in [6.45, 7) is 6.99. The smallest absolute Gasteiger partial charge is 0.319 e. The Hall–Kier alpha value is -2.20. The lowest BCUT2D eigenvalue weighted by atomic mass is 10.0. The van der Waals surface area contributed by atoms with Crippen LogP contribution in [0, 0.1) is 6.92 Å². The molecule has 2 amide bonds. The quantitative estimate of drug-likeness (QED) is 0.725. The van der Waals surface area contributed by atoms with Crippen molar-refractivity contribution in [1.29, 1.82) is 0 Å². The predicted molar refractivity (Wildman–Crippen MR) is 99.2 cm³/mol. The van der Waals surface area contributed by atoms with E-state index in [9.17, 15) is 4.79 Å². The molecule has 5 heteroatoms. The SMILES string of the molecule is Cc1ccc(NC(=O)NCCOc2ccccc2C(C)C)cc1Cl. The van der Waals surface area contributed by atoms with Crippen LogP contribution in [0.25, 0.3) is 0 Å². The van der Waals surface area contributed by atoms with Gasteiger partial charge in [-0.1, -0.05) is 49.7 Å². The minimum atomic E-state index is -0.282. The highest BCUT2D eigenvalue weighted by molar-refractivity contribution is 6.31. The molecule has 0 bridgehead atoms. The van der Waals surface area contributed by atoms with E-state index in [4.69, 9.17) is 16.3 Å². The Balaban J connectivity index is 1.78. The van der Waals surface area contributed by atoms with Gasteiger partial charge < -0.3 is 15.4 Å². The van der Waals surface area contributed by atoms with Crippen LogP contribution >= 0.6 is 11.6 Å². The molecule has 2 aromatic carbocycles. The molecule has 0 aliphatic rings. The number of halogens is 1. The van der Waals surface area contributed by atoms with E-state index in [1.165, 1.54) is 0 Å². The van der Waals surface area contributed by atoms with Crippen LogP contribution in [0.3, 0.4) is 0 Å². The number of carbonyl (C=O) groups excluding carboxylic acids is 1. The van der Waals surface area contributed by atoms with Gasteiger partial charge in [-0.25, -0.2) is 4.79 Å². The van der Waals surface area contributed by atoms with Gasteiger partial charge in [0.25, 0.3) is 0 Å². The summed E-state index contributed by atoms with van der Waals surface area (Å²) >= 11 is 6.04.